The molecule has 8 nitrogen and oxygen atoms in total. The standard InChI is InChI=1S/C38H44F2N4O4/c1-24-31(34(36(45)46)48-37(2,3)4)33(44-21-19-38(5,6)20-22-44)32(35(41-24)43-30-9-7-8-29(40)42-30)26-12-16-28(17-13-26)47-23-18-25-10-14-27(39)15-11-25/h7-17,34H,18-23H2,1-6H3,(H,45,46)(H,41,42,43)/t34-/m0/s1. The Morgan fingerprint density at radius 1 is 1.00 bits per heavy atom. The molecule has 2 aromatic heterocycles. The van der Waals surface area contributed by atoms with Crippen molar-refractivity contribution in [2.75, 3.05) is 29.9 Å². The topological polar surface area (TPSA) is 96.8 Å². The molecule has 0 aliphatic carbocycles. The molecule has 4 aromatic rings. The van der Waals surface area contributed by atoms with Gasteiger partial charge in [-0.2, -0.15) is 4.39 Å². The molecule has 0 bridgehead atoms. The summed E-state index contributed by atoms with van der Waals surface area (Å²) in [5.41, 5.74) is 3.42. The summed E-state index contributed by atoms with van der Waals surface area (Å²) >= 11 is 0. The van der Waals surface area contributed by atoms with Crippen molar-refractivity contribution in [3.05, 3.63) is 95.3 Å². The fourth-order valence-corrected chi connectivity index (χ4v) is 5.89. The largest absolute Gasteiger partial charge is 0.493 e. The number of aromatic nitrogens is 2. The summed E-state index contributed by atoms with van der Waals surface area (Å²) in [4.78, 5) is 24.1. The number of halogens is 2. The first-order chi connectivity index (χ1) is 22.7. The maximum Gasteiger partial charge on any atom is 0.337 e. The second-order valence-corrected chi connectivity index (χ2v) is 14.0. The maximum absolute atomic E-state index is 14.2. The highest BCUT2D eigenvalue weighted by Crippen LogP contribution is 2.47. The van der Waals surface area contributed by atoms with E-state index in [1.165, 1.54) is 18.2 Å². The number of nitrogens with one attached hydrogen (secondary N) is 1. The molecule has 48 heavy (non-hydrogen) atoms. The number of ether oxygens (including phenoxy) is 2. The van der Waals surface area contributed by atoms with Gasteiger partial charge < -0.3 is 24.8 Å². The Balaban J connectivity index is 1.63. The van der Waals surface area contributed by atoms with Gasteiger partial charge >= 0.3 is 5.97 Å². The molecule has 0 unspecified atom stereocenters. The molecule has 1 fully saturated rings. The van der Waals surface area contributed by atoms with Crippen LogP contribution in [-0.2, 0) is 16.0 Å². The van der Waals surface area contributed by atoms with Crippen molar-refractivity contribution >= 4 is 23.3 Å². The van der Waals surface area contributed by atoms with Crippen LogP contribution in [-0.4, -0.2) is 46.3 Å². The van der Waals surface area contributed by atoms with Crippen LogP contribution in [0.15, 0.2) is 66.7 Å². The van der Waals surface area contributed by atoms with E-state index in [2.05, 4.69) is 29.0 Å². The minimum atomic E-state index is -1.29. The summed E-state index contributed by atoms with van der Waals surface area (Å²) in [6.45, 7) is 13.5. The number of carboxylic acids is 1. The van der Waals surface area contributed by atoms with E-state index in [-0.39, 0.29) is 17.1 Å². The predicted molar refractivity (Wildman–Crippen MR) is 184 cm³/mol. The van der Waals surface area contributed by atoms with E-state index < -0.39 is 23.6 Å². The molecule has 3 heterocycles. The molecular formula is C38H44F2N4O4. The highest BCUT2D eigenvalue weighted by atomic mass is 19.1. The van der Waals surface area contributed by atoms with Gasteiger partial charge in [-0.3, -0.25) is 0 Å². The van der Waals surface area contributed by atoms with Crippen LogP contribution in [0.4, 0.5) is 26.1 Å². The van der Waals surface area contributed by atoms with E-state index in [4.69, 9.17) is 14.5 Å². The van der Waals surface area contributed by atoms with Crippen LogP contribution in [0.25, 0.3) is 11.1 Å². The zero-order chi connectivity index (χ0) is 34.6. The minimum absolute atomic E-state index is 0.131. The fourth-order valence-electron chi connectivity index (χ4n) is 5.89. The van der Waals surface area contributed by atoms with Gasteiger partial charge in [0.05, 0.1) is 17.9 Å². The van der Waals surface area contributed by atoms with E-state index in [0.717, 1.165) is 24.0 Å². The lowest BCUT2D eigenvalue weighted by Crippen LogP contribution is -2.39. The van der Waals surface area contributed by atoms with Gasteiger partial charge in [-0.1, -0.05) is 44.2 Å². The molecule has 2 aromatic carbocycles. The van der Waals surface area contributed by atoms with Crippen molar-refractivity contribution in [1.29, 1.82) is 0 Å². The summed E-state index contributed by atoms with van der Waals surface area (Å²) in [5.74, 6) is -0.708. The van der Waals surface area contributed by atoms with Gasteiger partial charge in [-0.15, -0.1) is 0 Å². The van der Waals surface area contributed by atoms with Crippen molar-refractivity contribution in [2.24, 2.45) is 5.41 Å². The lowest BCUT2D eigenvalue weighted by molar-refractivity contribution is -0.160. The van der Waals surface area contributed by atoms with Gasteiger partial charge in [-0.25, -0.2) is 19.2 Å². The quantitative estimate of drug-likeness (QED) is 0.155. The van der Waals surface area contributed by atoms with Gasteiger partial charge in [0.1, 0.15) is 23.2 Å². The normalized spacial score (nSPS) is 15.2. The number of hydrogen-bond donors (Lipinski definition) is 2. The van der Waals surface area contributed by atoms with Crippen molar-refractivity contribution in [3.8, 4) is 16.9 Å². The zero-order valence-electron chi connectivity index (χ0n) is 28.4. The molecule has 1 aliphatic rings. The lowest BCUT2D eigenvalue weighted by Gasteiger charge is -2.41. The van der Waals surface area contributed by atoms with Crippen LogP contribution >= 0.6 is 0 Å². The Bertz CT molecular complexity index is 1730. The van der Waals surface area contributed by atoms with Crippen molar-refractivity contribution < 1.29 is 28.2 Å². The van der Waals surface area contributed by atoms with Crippen LogP contribution in [0, 0.1) is 24.1 Å². The Kier molecular flexibility index (Phi) is 10.3. The minimum Gasteiger partial charge on any atom is -0.493 e. The third kappa shape index (κ3) is 8.66. The van der Waals surface area contributed by atoms with E-state index in [1.807, 2.05) is 45.0 Å². The van der Waals surface area contributed by atoms with Crippen molar-refractivity contribution in [2.45, 2.75) is 72.5 Å². The Labute approximate surface area is 281 Å². The zero-order valence-corrected chi connectivity index (χ0v) is 28.4. The average Bonchev–Trinajstić information content (AvgIpc) is 3.01. The first-order valence-corrected chi connectivity index (χ1v) is 16.3. The summed E-state index contributed by atoms with van der Waals surface area (Å²) in [5, 5.41) is 13.8. The summed E-state index contributed by atoms with van der Waals surface area (Å²) in [7, 11) is 0. The van der Waals surface area contributed by atoms with E-state index in [0.29, 0.717) is 60.2 Å². The third-order valence-corrected chi connectivity index (χ3v) is 8.47. The Morgan fingerprint density at radius 3 is 2.27 bits per heavy atom. The third-order valence-electron chi connectivity index (χ3n) is 8.47. The number of pyridine rings is 2. The number of nitrogens with zero attached hydrogens (tertiary/aromatic N) is 3. The number of piperidine rings is 1. The molecule has 0 amide bonds. The van der Waals surface area contributed by atoms with Crippen LogP contribution in [0.1, 0.15) is 70.4 Å². The summed E-state index contributed by atoms with van der Waals surface area (Å²) in [6.07, 6.45) is 1.12. The summed E-state index contributed by atoms with van der Waals surface area (Å²) < 4.78 is 39.8. The second kappa shape index (κ2) is 14.3. The highest BCUT2D eigenvalue weighted by Gasteiger charge is 2.37. The Morgan fingerprint density at radius 2 is 1.67 bits per heavy atom. The van der Waals surface area contributed by atoms with Crippen LogP contribution in [0.3, 0.4) is 0 Å². The van der Waals surface area contributed by atoms with Crippen molar-refractivity contribution in [1.82, 2.24) is 9.97 Å². The first-order valence-electron chi connectivity index (χ1n) is 16.3. The SMILES string of the molecule is Cc1nc(Nc2cccc(F)n2)c(-c2ccc(OCCc3ccc(F)cc3)cc2)c(N2CCC(C)(C)CC2)c1[C@H](OC(C)(C)C)C(=O)O. The molecule has 0 radical (unpaired) electrons. The molecule has 5 rings (SSSR count). The average molecular weight is 659 g/mol. The first kappa shape index (κ1) is 34.8. The predicted octanol–water partition coefficient (Wildman–Crippen LogP) is 8.66. The fraction of sp³-hybridized carbons (Fsp3) is 0.395. The highest BCUT2D eigenvalue weighted by molar-refractivity contribution is 5.93. The molecule has 10 heteroatoms. The number of benzene rings is 2. The van der Waals surface area contributed by atoms with E-state index >= 15 is 0 Å². The van der Waals surface area contributed by atoms with E-state index in [9.17, 15) is 18.7 Å². The van der Waals surface area contributed by atoms with Crippen molar-refractivity contribution in [3.63, 3.8) is 0 Å². The molecule has 0 saturated carbocycles. The smallest absolute Gasteiger partial charge is 0.337 e. The van der Waals surface area contributed by atoms with Crippen LogP contribution < -0.4 is 15.0 Å². The lowest BCUT2D eigenvalue weighted by atomic mass is 9.82. The second-order valence-electron chi connectivity index (χ2n) is 14.0. The number of rotatable bonds is 11. The number of anilines is 3. The van der Waals surface area contributed by atoms with Gasteiger partial charge in [0, 0.05) is 36.3 Å². The molecule has 1 saturated heterocycles. The maximum atomic E-state index is 14.2. The van der Waals surface area contributed by atoms with Gasteiger partial charge in [0.15, 0.2) is 6.10 Å². The van der Waals surface area contributed by atoms with Crippen LogP contribution in [0.5, 0.6) is 5.75 Å². The van der Waals surface area contributed by atoms with Gasteiger partial charge in [0.2, 0.25) is 5.95 Å². The van der Waals surface area contributed by atoms with Gasteiger partial charge in [-0.05, 0) is 93.5 Å². The number of hydrogen-bond acceptors (Lipinski definition) is 7. The molecule has 0 spiro atoms. The molecular weight excluding hydrogens is 614 g/mol. The number of aryl methyl sites for hydroxylation is 1. The monoisotopic (exact) mass is 658 g/mol. The molecule has 254 valence electrons. The molecule has 1 atom stereocenters. The summed E-state index contributed by atoms with van der Waals surface area (Å²) in [6, 6.07) is 18.4. The Hall–Kier alpha value is -4.57. The molecule has 2 N–H and O–H groups in total. The number of aliphatic carboxylic acids is 1. The van der Waals surface area contributed by atoms with Gasteiger partial charge in [0.25, 0.3) is 0 Å². The number of carboxylic acid groups (broad SMARTS) is 1. The number of carbonyl (C=O) groups is 1. The van der Waals surface area contributed by atoms with Crippen LogP contribution in [0.2, 0.25) is 0 Å². The van der Waals surface area contributed by atoms with E-state index in [1.54, 1.807) is 31.2 Å². The molecule has 1 aliphatic heterocycles.